The monoisotopic (exact) mass is 267 g/mol. The third-order valence-electron chi connectivity index (χ3n) is 3.52. The lowest BCUT2D eigenvalue weighted by molar-refractivity contribution is -0.118. The summed E-state index contributed by atoms with van der Waals surface area (Å²) in [6.07, 6.45) is 1.08. The van der Waals surface area contributed by atoms with Crippen LogP contribution in [0.3, 0.4) is 0 Å². The molecule has 0 saturated heterocycles. The van der Waals surface area contributed by atoms with Crippen LogP contribution in [0.5, 0.6) is 0 Å². The summed E-state index contributed by atoms with van der Waals surface area (Å²) in [5.41, 5.74) is 9.89. The predicted octanol–water partition coefficient (Wildman–Crippen LogP) is 3.88. The van der Waals surface area contributed by atoms with E-state index in [1.807, 2.05) is 49.4 Å². The Morgan fingerprint density at radius 3 is 2.50 bits per heavy atom. The normalized spacial score (nSPS) is 12.1. The van der Waals surface area contributed by atoms with Gasteiger partial charge < -0.3 is 5.73 Å². The van der Waals surface area contributed by atoms with Crippen LogP contribution in [0.25, 0.3) is 0 Å². The first kappa shape index (κ1) is 14.3. The fourth-order valence-electron chi connectivity index (χ4n) is 2.41. The maximum absolute atomic E-state index is 12.1. The van der Waals surface area contributed by atoms with Gasteiger partial charge in [-0.1, -0.05) is 48.9 Å². The summed E-state index contributed by atoms with van der Waals surface area (Å²) >= 11 is 0. The maximum atomic E-state index is 12.1. The highest BCUT2D eigenvalue weighted by Crippen LogP contribution is 2.21. The standard InChI is InChI=1S/C18H21NO/c1-13-4-3-5-15(10-13)12-18(20)11-14(2)16-6-8-17(19)9-7-16/h3-10,14H,11-12,19H2,1-2H3. The molecule has 0 aliphatic heterocycles. The molecule has 2 aromatic carbocycles. The minimum atomic E-state index is 0.230. The minimum Gasteiger partial charge on any atom is -0.399 e. The molecule has 2 nitrogen and oxygen atoms in total. The molecule has 2 N–H and O–H groups in total. The third-order valence-corrected chi connectivity index (χ3v) is 3.52. The molecule has 0 spiro atoms. The van der Waals surface area contributed by atoms with Crippen LogP contribution in [0.15, 0.2) is 48.5 Å². The lowest BCUT2D eigenvalue weighted by Crippen LogP contribution is -2.07. The number of hydrogen-bond acceptors (Lipinski definition) is 2. The fourth-order valence-corrected chi connectivity index (χ4v) is 2.41. The van der Waals surface area contributed by atoms with Crippen LogP contribution in [0.2, 0.25) is 0 Å². The third kappa shape index (κ3) is 3.95. The summed E-state index contributed by atoms with van der Waals surface area (Å²) in [6.45, 7) is 4.13. The summed E-state index contributed by atoms with van der Waals surface area (Å²) in [6, 6.07) is 15.9. The van der Waals surface area contributed by atoms with Gasteiger partial charge in [0.2, 0.25) is 0 Å². The first-order valence-electron chi connectivity index (χ1n) is 6.97. The van der Waals surface area contributed by atoms with E-state index in [1.165, 1.54) is 5.56 Å². The summed E-state index contributed by atoms with van der Waals surface area (Å²) in [4.78, 5) is 12.1. The Kier molecular flexibility index (Phi) is 4.57. The molecular weight excluding hydrogens is 246 g/mol. The Hall–Kier alpha value is -2.09. The van der Waals surface area contributed by atoms with Gasteiger partial charge in [0.25, 0.3) is 0 Å². The summed E-state index contributed by atoms with van der Waals surface area (Å²) < 4.78 is 0. The molecule has 0 aliphatic rings. The summed E-state index contributed by atoms with van der Waals surface area (Å²) in [7, 11) is 0. The molecule has 0 amide bonds. The molecule has 2 heteroatoms. The van der Waals surface area contributed by atoms with Gasteiger partial charge in [-0.15, -0.1) is 0 Å². The van der Waals surface area contributed by atoms with E-state index in [0.29, 0.717) is 12.8 Å². The van der Waals surface area contributed by atoms with E-state index >= 15 is 0 Å². The second kappa shape index (κ2) is 6.38. The van der Waals surface area contributed by atoms with Crippen molar-refractivity contribution in [1.82, 2.24) is 0 Å². The zero-order valence-corrected chi connectivity index (χ0v) is 12.1. The van der Waals surface area contributed by atoms with Crippen molar-refractivity contribution in [2.24, 2.45) is 0 Å². The number of carbonyl (C=O) groups is 1. The van der Waals surface area contributed by atoms with Crippen molar-refractivity contribution < 1.29 is 4.79 Å². The highest BCUT2D eigenvalue weighted by Gasteiger charge is 2.11. The lowest BCUT2D eigenvalue weighted by atomic mass is 9.93. The molecule has 20 heavy (non-hydrogen) atoms. The molecule has 0 radical (unpaired) electrons. The lowest BCUT2D eigenvalue weighted by Gasteiger charge is -2.11. The van der Waals surface area contributed by atoms with E-state index in [2.05, 4.69) is 13.0 Å². The van der Waals surface area contributed by atoms with Gasteiger partial charge in [-0.05, 0) is 36.1 Å². The smallest absolute Gasteiger partial charge is 0.137 e. The van der Waals surface area contributed by atoms with Crippen LogP contribution in [0.4, 0.5) is 5.69 Å². The van der Waals surface area contributed by atoms with Gasteiger partial charge in [0.15, 0.2) is 0 Å². The number of benzene rings is 2. The Morgan fingerprint density at radius 2 is 1.85 bits per heavy atom. The Bertz CT molecular complexity index is 587. The maximum Gasteiger partial charge on any atom is 0.137 e. The van der Waals surface area contributed by atoms with E-state index in [0.717, 1.165) is 16.8 Å². The topological polar surface area (TPSA) is 43.1 Å². The zero-order valence-electron chi connectivity index (χ0n) is 12.1. The number of nitrogens with two attached hydrogens (primary N) is 1. The first-order chi connectivity index (χ1) is 9.54. The molecule has 0 heterocycles. The van der Waals surface area contributed by atoms with Gasteiger partial charge in [-0.3, -0.25) is 4.79 Å². The SMILES string of the molecule is Cc1cccc(CC(=O)CC(C)c2ccc(N)cc2)c1. The predicted molar refractivity (Wildman–Crippen MR) is 83.8 cm³/mol. The highest BCUT2D eigenvalue weighted by molar-refractivity contribution is 5.81. The van der Waals surface area contributed by atoms with Gasteiger partial charge in [0, 0.05) is 18.5 Å². The average molecular weight is 267 g/mol. The summed E-state index contributed by atoms with van der Waals surface area (Å²) in [5, 5.41) is 0. The second-order valence-electron chi connectivity index (χ2n) is 5.48. The number of rotatable bonds is 5. The molecule has 0 bridgehead atoms. The summed E-state index contributed by atoms with van der Waals surface area (Å²) in [5.74, 6) is 0.507. The Labute approximate surface area is 120 Å². The second-order valence-corrected chi connectivity index (χ2v) is 5.48. The van der Waals surface area contributed by atoms with Crippen molar-refractivity contribution in [3.05, 3.63) is 65.2 Å². The number of anilines is 1. The molecule has 0 fully saturated rings. The van der Waals surface area contributed by atoms with Gasteiger partial charge in [-0.2, -0.15) is 0 Å². The number of Topliss-reactive ketones (excluding diaryl/α,β-unsaturated/α-hetero) is 1. The van der Waals surface area contributed by atoms with Crippen LogP contribution in [0, 0.1) is 6.92 Å². The molecule has 0 aromatic heterocycles. The van der Waals surface area contributed by atoms with E-state index in [9.17, 15) is 4.79 Å². The van der Waals surface area contributed by atoms with Crippen molar-refractivity contribution in [3.8, 4) is 0 Å². The number of nitrogen functional groups attached to an aromatic ring is 1. The van der Waals surface area contributed by atoms with Gasteiger partial charge in [-0.25, -0.2) is 0 Å². The van der Waals surface area contributed by atoms with Crippen molar-refractivity contribution in [3.63, 3.8) is 0 Å². The Balaban J connectivity index is 1.95. The van der Waals surface area contributed by atoms with Crippen LogP contribution in [-0.2, 0) is 11.2 Å². The van der Waals surface area contributed by atoms with Crippen LogP contribution in [-0.4, -0.2) is 5.78 Å². The van der Waals surface area contributed by atoms with Crippen molar-refractivity contribution in [2.45, 2.75) is 32.6 Å². The zero-order chi connectivity index (χ0) is 14.5. The van der Waals surface area contributed by atoms with E-state index in [1.54, 1.807) is 0 Å². The average Bonchev–Trinajstić information content (AvgIpc) is 2.39. The van der Waals surface area contributed by atoms with E-state index in [-0.39, 0.29) is 11.7 Å². The first-order valence-corrected chi connectivity index (χ1v) is 6.97. The number of carbonyl (C=O) groups excluding carboxylic acids is 1. The molecule has 1 atom stereocenters. The number of ketones is 1. The molecule has 2 aromatic rings. The van der Waals surface area contributed by atoms with E-state index < -0.39 is 0 Å². The quantitative estimate of drug-likeness (QED) is 0.835. The molecule has 104 valence electrons. The Morgan fingerprint density at radius 1 is 1.15 bits per heavy atom. The number of hydrogen-bond donors (Lipinski definition) is 1. The van der Waals surface area contributed by atoms with Gasteiger partial charge >= 0.3 is 0 Å². The van der Waals surface area contributed by atoms with Crippen LogP contribution >= 0.6 is 0 Å². The molecule has 0 aliphatic carbocycles. The fraction of sp³-hybridized carbons (Fsp3) is 0.278. The number of aryl methyl sites for hydroxylation is 1. The molecule has 0 saturated carbocycles. The van der Waals surface area contributed by atoms with Gasteiger partial charge in [0.1, 0.15) is 5.78 Å². The molecular formula is C18H21NO. The molecule has 1 unspecified atom stereocenters. The van der Waals surface area contributed by atoms with Crippen LogP contribution < -0.4 is 5.73 Å². The largest absolute Gasteiger partial charge is 0.399 e. The van der Waals surface area contributed by atoms with Crippen LogP contribution in [0.1, 0.15) is 36.0 Å². The molecule has 2 rings (SSSR count). The highest BCUT2D eigenvalue weighted by atomic mass is 16.1. The van der Waals surface area contributed by atoms with Gasteiger partial charge in [0.05, 0.1) is 0 Å². The van der Waals surface area contributed by atoms with Crippen molar-refractivity contribution in [2.75, 3.05) is 5.73 Å². The van der Waals surface area contributed by atoms with Crippen molar-refractivity contribution in [1.29, 1.82) is 0 Å². The minimum absolute atomic E-state index is 0.230. The van der Waals surface area contributed by atoms with Crippen molar-refractivity contribution >= 4 is 11.5 Å². The van der Waals surface area contributed by atoms with E-state index in [4.69, 9.17) is 5.73 Å².